The van der Waals surface area contributed by atoms with Crippen LogP contribution >= 0.6 is 0 Å². The zero-order valence-electron chi connectivity index (χ0n) is 12.5. The zero-order valence-corrected chi connectivity index (χ0v) is 12.5. The van der Waals surface area contributed by atoms with Crippen molar-refractivity contribution in [1.82, 2.24) is 0 Å². The van der Waals surface area contributed by atoms with Gasteiger partial charge in [-0.15, -0.1) is 0 Å². The summed E-state index contributed by atoms with van der Waals surface area (Å²) in [6.45, 7) is 10.2. The highest BCUT2D eigenvalue weighted by Crippen LogP contribution is 2.24. The van der Waals surface area contributed by atoms with Gasteiger partial charge in [0.2, 0.25) is 5.79 Å². The van der Waals surface area contributed by atoms with Crippen molar-refractivity contribution in [2.24, 2.45) is 5.92 Å². The first-order chi connectivity index (χ1) is 8.46. The average molecular weight is 260 g/mol. The summed E-state index contributed by atoms with van der Waals surface area (Å²) in [4.78, 5) is 22.0. The lowest BCUT2D eigenvalue weighted by Crippen LogP contribution is -2.40. The Morgan fingerprint density at radius 2 is 1.83 bits per heavy atom. The highest BCUT2D eigenvalue weighted by atomic mass is 17.2. The fraction of sp³-hybridized carbons (Fsp3) is 0.929. The molecule has 0 fully saturated rings. The molecule has 0 saturated heterocycles. The molecule has 0 aliphatic heterocycles. The van der Waals surface area contributed by atoms with E-state index in [1.165, 1.54) is 0 Å². The van der Waals surface area contributed by atoms with Gasteiger partial charge < -0.3 is 4.74 Å². The van der Waals surface area contributed by atoms with E-state index in [1.807, 2.05) is 20.8 Å². The van der Waals surface area contributed by atoms with E-state index < -0.39 is 5.79 Å². The van der Waals surface area contributed by atoms with E-state index >= 15 is 0 Å². The van der Waals surface area contributed by atoms with E-state index in [2.05, 4.69) is 6.92 Å². The van der Waals surface area contributed by atoms with Crippen molar-refractivity contribution in [3.05, 3.63) is 0 Å². The normalized spacial score (nSPS) is 14.6. The van der Waals surface area contributed by atoms with Crippen LogP contribution in [-0.2, 0) is 19.3 Å². The summed E-state index contributed by atoms with van der Waals surface area (Å²) in [6, 6.07) is 0. The quantitative estimate of drug-likeness (QED) is 0.197. The van der Waals surface area contributed by atoms with Crippen molar-refractivity contribution >= 4 is 5.97 Å². The lowest BCUT2D eigenvalue weighted by molar-refractivity contribution is -0.424. The molecule has 0 bridgehead atoms. The van der Waals surface area contributed by atoms with Crippen molar-refractivity contribution in [1.29, 1.82) is 0 Å². The van der Waals surface area contributed by atoms with E-state index in [4.69, 9.17) is 14.5 Å². The molecule has 4 heteroatoms. The van der Waals surface area contributed by atoms with Crippen LogP contribution in [0.25, 0.3) is 0 Å². The second-order valence-electron chi connectivity index (χ2n) is 5.01. The van der Waals surface area contributed by atoms with Gasteiger partial charge in [-0.05, 0) is 12.8 Å². The molecule has 0 saturated carbocycles. The summed E-state index contributed by atoms with van der Waals surface area (Å²) < 4.78 is 5.41. The van der Waals surface area contributed by atoms with Gasteiger partial charge in [-0.3, -0.25) is 4.79 Å². The van der Waals surface area contributed by atoms with Gasteiger partial charge in [0.1, 0.15) is 0 Å². The average Bonchev–Trinajstić information content (AvgIpc) is 2.29. The van der Waals surface area contributed by atoms with Crippen LogP contribution in [-0.4, -0.2) is 18.4 Å². The Morgan fingerprint density at radius 3 is 2.33 bits per heavy atom. The highest BCUT2D eigenvalue weighted by molar-refractivity contribution is 5.69. The number of carbonyl (C=O) groups is 1. The minimum atomic E-state index is -1.00. The third kappa shape index (κ3) is 6.97. The molecule has 0 aliphatic carbocycles. The van der Waals surface area contributed by atoms with Crippen molar-refractivity contribution in [2.75, 3.05) is 6.61 Å². The molecular formula is C14H28O4. The Bertz CT molecular complexity index is 228. The Kier molecular flexibility index (Phi) is 9.02. The molecule has 0 aromatic carbocycles. The van der Waals surface area contributed by atoms with Gasteiger partial charge in [-0.25, -0.2) is 4.89 Å². The SMILES string of the molecule is CCCCCC(=O)OC(C)(OOCCC)C(C)C. The van der Waals surface area contributed by atoms with E-state index in [0.29, 0.717) is 13.0 Å². The first-order valence-corrected chi connectivity index (χ1v) is 6.98. The molecule has 0 radical (unpaired) electrons. The summed E-state index contributed by atoms with van der Waals surface area (Å²) in [5.74, 6) is -1.19. The topological polar surface area (TPSA) is 44.8 Å². The van der Waals surface area contributed by atoms with Gasteiger partial charge in [-0.2, -0.15) is 4.89 Å². The minimum absolute atomic E-state index is 0.0319. The molecular weight excluding hydrogens is 232 g/mol. The first-order valence-electron chi connectivity index (χ1n) is 6.98. The molecule has 0 spiro atoms. The van der Waals surface area contributed by atoms with Crippen molar-refractivity contribution < 1.29 is 19.3 Å². The van der Waals surface area contributed by atoms with Gasteiger partial charge in [0.15, 0.2) is 0 Å². The largest absolute Gasteiger partial charge is 0.430 e. The molecule has 1 unspecified atom stereocenters. The molecule has 18 heavy (non-hydrogen) atoms. The predicted molar refractivity (Wildman–Crippen MR) is 70.8 cm³/mol. The van der Waals surface area contributed by atoms with Crippen LogP contribution in [0, 0.1) is 5.92 Å². The van der Waals surface area contributed by atoms with Crippen LogP contribution in [0.1, 0.15) is 66.7 Å². The van der Waals surface area contributed by atoms with Gasteiger partial charge in [0.25, 0.3) is 0 Å². The monoisotopic (exact) mass is 260 g/mol. The molecule has 0 heterocycles. The Morgan fingerprint density at radius 1 is 1.17 bits per heavy atom. The Labute approximate surface area is 111 Å². The third-order valence-corrected chi connectivity index (χ3v) is 2.86. The van der Waals surface area contributed by atoms with E-state index in [9.17, 15) is 4.79 Å². The third-order valence-electron chi connectivity index (χ3n) is 2.86. The predicted octanol–water partition coefficient (Wildman–Crippen LogP) is 3.84. The van der Waals surface area contributed by atoms with E-state index in [0.717, 1.165) is 25.7 Å². The maximum Gasteiger partial charge on any atom is 0.308 e. The van der Waals surface area contributed by atoms with Crippen LogP contribution in [0.4, 0.5) is 0 Å². The Balaban J connectivity index is 4.19. The molecule has 1 atom stereocenters. The van der Waals surface area contributed by atoms with Gasteiger partial charge in [0.05, 0.1) is 6.61 Å². The van der Waals surface area contributed by atoms with Gasteiger partial charge >= 0.3 is 5.97 Å². The fourth-order valence-corrected chi connectivity index (χ4v) is 1.27. The summed E-state index contributed by atoms with van der Waals surface area (Å²) in [5.41, 5.74) is 0. The maximum atomic E-state index is 11.7. The van der Waals surface area contributed by atoms with Gasteiger partial charge in [-0.1, -0.05) is 40.5 Å². The van der Waals surface area contributed by atoms with Crippen molar-refractivity contribution in [3.63, 3.8) is 0 Å². The summed E-state index contributed by atoms with van der Waals surface area (Å²) in [5, 5.41) is 0. The minimum Gasteiger partial charge on any atom is -0.430 e. The number of rotatable bonds is 10. The van der Waals surface area contributed by atoms with Gasteiger partial charge in [0, 0.05) is 19.3 Å². The maximum absolute atomic E-state index is 11.7. The van der Waals surface area contributed by atoms with Crippen molar-refractivity contribution in [2.45, 2.75) is 72.5 Å². The molecule has 4 nitrogen and oxygen atoms in total. The second kappa shape index (κ2) is 9.34. The molecule has 0 aliphatic rings. The highest BCUT2D eigenvalue weighted by Gasteiger charge is 2.35. The zero-order chi connectivity index (χ0) is 14.0. The second-order valence-corrected chi connectivity index (χ2v) is 5.01. The van der Waals surface area contributed by atoms with Crippen LogP contribution in [0.5, 0.6) is 0 Å². The molecule has 0 N–H and O–H groups in total. The molecule has 0 aromatic heterocycles. The van der Waals surface area contributed by atoms with Crippen LogP contribution in [0.3, 0.4) is 0 Å². The fourth-order valence-electron chi connectivity index (χ4n) is 1.27. The number of hydrogen-bond acceptors (Lipinski definition) is 4. The number of hydrogen-bond donors (Lipinski definition) is 0. The molecule has 0 rings (SSSR count). The first kappa shape index (κ1) is 17.4. The smallest absolute Gasteiger partial charge is 0.308 e. The number of carbonyl (C=O) groups excluding carboxylic acids is 1. The number of esters is 1. The lowest BCUT2D eigenvalue weighted by Gasteiger charge is -2.31. The summed E-state index contributed by atoms with van der Waals surface area (Å²) in [7, 11) is 0. The van der Waals surface area contributed by atoms with E-state index in [-0.39, 0.29) is 11.9 Å². The Hall–Kier alpha value is -0.610. The van der Waals surface area contributed by atoms with E-state index in [1.54, 1.807) is 6.92 Å². The van der Waals surface area contributed by atoms with Crippen LogP contribution in [0.15, 0.2) is 0 Å². The van der Waals surface area contributed by atoms with Crippen molar-refractivity contribution in [3.8, 4) is 0 Å². The van der Waals surface area contributed by atoms with Crippen LogP contribution in [0.2, 0.25) is 0 Å². The molecule has 0 aromatic rings. The summed E-state index contributed by atoms with van der Waals surface area (Å²) in [6.07, 6.45) is 4.29. The molecule has 0 amide bonds. The van der Waals surface area contributed by atoms with Crippen LogP contribution < -0.4 is 0 Å². The molecule has 108 valence electrons. The summed E-state index contributed by atoms with van der Waals surface area (Å²) >= 11 is 0. The lowest BCUT2D eigenvalue weighted by atomic mass is 10.1. The number of unbranched alkanes of at least 4 members (excludes halogenated alkanes) is 2. The standard InChI is InChI=1S/C14H28O4/c1-6-8-9-10-13(15)17-14(5,12(3)4)18-16-11-7-2/h12H,6-11H2,1-5H3. The number of ether oxygens (including phenoxy) is 1.